The summed E-state index contributed by atoms with van der Waals surface area (Å²) < 4.78 is 0. The Kier molecular flexibility index (Phi) is 6.89. The maximum Gasteiger partial charge on any atom is 0.336 e. The predicted octanol–water partition coefficient (Wildman–Crippen LogP) is 7.41. The van der Waals surface area contributed by atoms with E-state index in [0.717, 1.165) is 11.4 Å². The van der Waals surface area contributed by atoms with E-state index in [1.807, 2.05) is 24.1 Å². The minimum Gasteiger partial charge on any atom is -0.478 e. The lowest BCUT2D eigenvalue weighted by Gasteiger charge is -2.19. The van der Waals surface area contributed by atoms with E-state index >= 15 is 0 Å². The van der Waals surface area contributed by atoms with E-state index in [1.165, 1.54) is 6.07 Å². The minimum absolute atomic E-state index is 0.0610. The number of carbonyl (C=O) groups excluding carboxylic acids is 1. The molecule has 0 bridgehead atoms. The van der Waals surface area contributed by atoms with Crippen LogP contribution in [-0.4, -0.2) is 28.9 Å². The Bertz CT molecular complexity index is 1390. The summed E-state index contributed by atoms with van der Waals surface area (Å²) in [6, 6.07) is 19.9. The van der Waals surface area contributed by atoms with Crippen molar-refractivity contribution in [2.75, 3.05) is 11.9 Å². The van der Waals surface area contributed by atoms with Crippen LogP contribution in [0.4, 0.5) is 11.4 Å². The molecule has 0 atom stereocenters. The summed E-state index contributed by atoms with van der Waals surface area (Å²) in [5, 5.41) is 11.2. The van der Waals surface area contributed by atoms with Crippen LogP contribution in [0.15, 0.2) is 79.0 Å². The van der Waals surface area contributed by atoms with Gasteiger partial charge in [-0.25, -0.2) is 4.79 Å². The largest absolute Gasteiger partial charge is 0.478 e. The van der Waals surface area contributed by atoms with E-state index in [4.69, 9.17) is 34.8 Å². The molecule has 5 nitrogen and oxygen atoms in total. The molecule has 0 fully saturated rings. The summed E-state index contributed by atoms with van der Waals surface area (Å²) in [7, 11) is 1.88. The number of halogens is 3. The summed E-state index contributed by atoms with van der Waals surface area (Å²) >= 11 is 18.3. The lowest BCUT2D eigenvalue weighted by Crippen LogP contribution is -2.11. The van der Waals surface area contributed by atoms with Gasteiger partial charge in [-0.2, -0.15) is 0 Å². The van der Waals surface area contributed by atoms with Crippen LogP contribution in [0.2, 0.25) is 15.1 Å². The van der Waals surface area contributed by atoms with Gasteiger partial charge in [-0.1, -0.05) is 46.9 Å². The van der Waals surface area contributed by atoms with Gasteiger partial charge in [0.2, 0.25) is 5.78 Å². The molecule has 0 aliphatic rings. The highest BCUT2D eigenvalue weighted by Gasteiger charge is 2.19. The molecule has 1 aromatic heterocycles. The highest BCUT2D eigenvalue weighted by molar-refractivity contribution is 6.35. The summed E-state index contributed by atoms with van der Waals surface area (Å²) in [4.78, 5) is 31.2. The normalized spacial score (nSPS) is 10.7. The first-order valence-corrected chi connectivity index (χ1v) is 11.2. The number of carbonyl (C=O) groups is 2. The van der Waals surface area contributed by atoms with Crippen molar-refractivity contribution in [1.29, 1.82) is 0 Å². The van der Waals surface area contributed by atoms with Crippen molar-refractivity contribution in [3.8, 4) is 11.1 Å². The molecule has 0 unspecified atom stereocenters. The van der Waals surface area contributed by atoms with Crippen LogP contribution in [0, 0.1) is 0 Å². The zero-order chi connectivity index (χ0) is 24.4. The number of nitrogens with zero attached hydrogens (tertiary/aromatic N) is 2. The number of benzene rings is 3. The van der Waals surface area contributed by atoms with Crippen LogP contribution < -0.4 is 4.90 Å². The van der Waals surface area contributed by atoms with Gasteiger partial charge in [0, 0.05) is 38.9 Å². The van der Waals surface area contributed by atoms with E-state index < -0.39 is 11.8 Å². The molecule has 3 aromatic carbocycles. The fourth-order valence-electron chi connectivity index (χ4n) is 3.48. The topological polar surface area (TPSA) is 70.5 Å². The average Bonchev–Trinajstić information content (AvgIpc) is 2.85. The number of hydrogen-bond acceptors (Lipinski definition) is 4. The van der Waals surface area contributed by atoms with Crippen molar-refractivity contribution in [1.82, 2.24) is 4.98 Å². The second kappa shape index (κ2) is 9.85. The lowest BCUT2D eigenvalue weighted by atomic mass is 9.95. The molecule has 8 heteroatoms. The first-order chi connectivity index (χ1) is 16.2. The van der Waals surface area contributed by atoms with Gasteiger partial charge in [0.25, 0.3) is 0 Å². The quantitative estimate of drug-likeness (QED) is 0.273. The van der Waals surface area contributed by atoms with Crippen molar-refractivity contribution in [2.45, 2.75) is 0 Å². The van der Waals surface area contributed by atoms with Crippen molar-refractivity contribution >= 4 is 57.9 Å². The molecule has 0 saturated heterocycles. The molecular weight excluding hydrogens is 495 g/mol. The highest BCUT2D eigenvalue weighted by Crippen LogP contribution is 2.34. The van der Waals surface area contributed by atoms with Gasteiger partial charge in [0.1, 0.15) is 5.69 Å². The number of carboxylic acid groups (broad SMARTS) is 1. The zero-order valence-electron chi connectivity index (χ0n) is 17.8. The number of aromatic carboxylic acids is 1. The summed E-state index contributed by atoms with van der Waals surface area (Å²) in [5.74, 6) is -1.58. The van der Waals surface area contributed by atoms with E-state index in [1.54, 1.807) is 60.8 Å². The maximum atomic E-state index is 13.0. The van der Waals surface area contributed by atoms with E-state index in [2.05, 4.69) is 4.98 Å². The fourth-order valence-corrected chi connectivity index (χ4v) is 4.00. The van der Waals surface area contributed by atoms with Crippen molar-refractivity contribution < 1.29 is 14.7 Å². The third kappa shape index (κ3) is 4.92. The number of rotatable bonds is 6. The van der Waals surface area contributed by atoms with E-state index in [-0.39, 0.29) is 16.8 Å². The van der Waals surface area contributed by atoms with Crippen LogP contribution in [0.1, 0.15) is 26.4 Å². The monoisotopic (exact) mass is 510 g/mol. The van der Waals surface area contributed by atoms with Gasteiger partial charge < -0.3 is 10.0 Å². The van der Waals surface area contributed by atoms with Crippen molar-refractivity contribution in [2.24, 2.45) is 0 Å². The Labute approximate surface area is 211 Å². The number of ketones is 1. The standard InChI is InChI=1S/C26H17Cl3N2O3/c1-31(18-6-3-16(27)4-7-18)19-8-11-24(30-14-19)25(32)15-2-9-20(22(12-15)26(33)34)21-13-17(28)5-10-23(21)29/h2-14H,1H3,(H,33,34). The van der Waals surface area contributed by atoms with Gasteiger partial charge in [0.15, 0.2) is 0 Å². The fraction of sp³-hybridized carbons (Fsp3) is 0.0385. The Morgan fingerprint density at radius 1 is 0.794 bits per heavy atom. The molecule has 4 rings (SSSR count). The number of pyridine rings is 1. The number of aromatic nitrogens is 1. The smallest absolute Gasteiger partial charge is 0.336 e. The molecule has 0 saturated carbocycles. The van der Waals surface area contributed by atoms with Crippen LogP contribution in [-0.2, 0) is 0 Å². The van der Waals surface area contributed by atoms with E-state index in [9.17, 15) is 14.7 Å². The zero-order valence-corrected chi connectivity index (χ0v) is 20.1. The van der Waals surface area contributed by atoms with Crippen molar-refractivity contribution in [3.05, 3.63) is 111 Å². The molecular formula is C26H17Cl3N2O3. The van der Waals surface area contributed by atoms with Gasteiger partial charge in [-0.15, -0.1) is 0 Å². The molecule has 0 radical (unpaired) electrons. The Morgan fingerprint density at radius 3 is 2.12 bits per heavy atom. The summed E-state index contributed by atoms with van der Waals surface area (Å²) in [5.41, 5.74) is 2.85. The molecule has 170 valence electrons. The predicted molar refractivity (Wildman–Crippen MR) is 136 cm³/mol. The molecule has 0 amide bonds. The third-order valence-electron chi connectivity index (χ3n) is 5.31. The molecule has 4 aromatic rings. The Hall–Kier alpha value is -3.38. The molecule has 1 heterocycles. The summed E-state index contributed by atoms with van der Waals surface area (Å²) in [6.45, 7) is 0. The SMILES string of the molecule is CN(c1ccc(Cl)cc1)c1ccc(C(=O)c2ccc(-c3cc(Cl)ccc3Cl)c(C(=O)O)c2)nc1. The highest BCUT2D eigenvalue weighted by atomic mass is 35.5. The maximum absolute atomic E-state index is 13.0. The molecule has 1 N–H and O–H groups in total. The van der Waals surface area contributed by atoms with Crippen LogP contribution >= 0.6 is 34.8 Å². The van der Waals surface area contributed by atoms with Crippen LogP contribution in [0.3, 0.4) is 0 Å². The van der Waals surface area contributed by atoms with Crippen LogP contribution in [0.5, 0.6) is 0 Å². The van der Waals surface area contributed by atoms with Crippen LogP contribution in [0.25, 0.3) is 11.1 Å². The average molecular weight is 512 g/mol. The third-order valence-corrected chi connectivity index (χ3v) is 6.13. The first kappa shape index (κ1) is 23.8. The number of anilines is 2. The van der Waals surface area contributed by atoms with Gasteiger partial charge in [-0.05, 0) is 66.2 Å². The lowest BCUT2D eigenvalue weighted by molar-refractivity contribution is 0.0697. The molecule has 0 aliphatic heterocycles. The number of carboxylic acids is 1. The molecule has 34 heavy (non-hydrogen) atoms. The minimum atomic E-state index is -1.19. The first-order valence-electron chi connectivity index (χ1n) is 10.1. The molecule has 0 spiro atoms. The van der Waals surface area contributed by atoms with Crippen molar-refractivity contribution in [3.63, 3.8) is 0 Å². The van der Waals surface area contributed by atoms with E-state index in [0.29, 0.717) is 26.2 Å². The van der Waals surface area contributed by atoms with Gasteiger partial charge in [0.05, 0.1) is 17.4 Å². The van der Waals surface area contributed by atoms with Gasteiger partial charge >= 0.3 is 5.97 Å². The Balaban J connectivity index is 1.64. The number of hydrogen-bond donors (Lipinski definition) is 1. The second-order valence-electron chi connectivity index (χ2n) is 7.46. The second-order valence-corrected chi connectivity index (χ2v) is 8.74. The van der Waals surface area contributed by atoms with Gasteiger partial charge in [-0.3, -0.25) is 9.78 Å². The summed E-state index contributed by atoms with van der Waals surface area (Å²) in [6.07, 6.45) is 1.58. The Morgan fingerprint density at radius 2 is 1.47 bits per heavy atom. The molecule has 0 aliphatic carbocycles.